The van der Waals surface area contributed by atoms with E-state index in [1.54, 1.807) is 22.8 Å². The van der Waals surface area contributed by atoms with Gasteiger partial charge in [-0.15, -0.1) is 0 Å². The minimum atomic E-state index is -0.0462. The average molecular weight is 238 g/mol. The smallest absolute Gasteiger partial charge is 0.261 e. The fourth-order valence-electron chi connectivity index (χ4n) is 1.55. The van der Waals surface area contributed by atoms with Gasteiger partial charge in [-0.25, -0.2) is 4.98 Å². The Balaban J connectivity index is 2.53. The second kappa shape index (κ2) is 4.63. The molecule has 2 rings (SSSR count). The third-order valence-corrected chi connectivity index (χ3v) is 2.63. The summed E-state index contributed by atoms with van der Waals surface area (Å²) in [5, 5.41) is 1.17. The summed E-state index contributed by atoms with van der Waals surface area (Å²) >= 11 is 5.83. The van der Waals surface area contributed by atoms with Gasteiger partial charge in [0, 0.05) is 11.6 Å². The van der Waals surface area contributed by atoms with Gasteiger partial charge in [0.2, 0.25) is 0 Å². The molecule has 0 saturated carbocycles. The molecule has 0 aliphatic heterocycles. The number of nitrogens with zero attached hydrogens (tertiary/aromatic N) is 2. The van der Waals surface area contributed by atoms with Gasteiger partial charge in [-0.1, -0.05) is 11.6 Å². The molecule has 0 saturated heterocycles. The van der Waals surface area contributed by atoms with Crippen LogP contribution in [0, 0.1) is 0 Å². The van der Waals surface area contributed by atoms with Crippen LogP contribution in [0.3, 0.4) is 0 Å². The number of aryl methyl sites for hydroxylation is 1. The van der Waals surface area contributed by atoms with E-state index in [1.165, 1.54) is 6.33 Å². The molecule has 0 fully saturated rings. The van der Waals surface area contributed by atoms with E-state index in [0.29, 0.717) is 29.0 Å². The Labute approximate surface area is 97.7 Å². The maximum Gasteiger partial charge on any atom is 0.261 e. The molecular weight excluding hydrogens is 226 g/mol. The van der Waals surface area contributed by atoms with Crippen LogP contribution >= 0.6 is 11.6 Å². The van der Waals surface area contributed by atoms with Crippen molar-refractivity contribution in [1.29, 1.82) is 0 Å². The summed E-state index contributed by atoms with van der Waals surface area (Å²) in [7, 11) is 0. The van der Waals surface area contributed by atoms with E-state index >= 15 is 0 Å². The number of hydrogen-bond acceptors (Lipinski definition) is 3. The summed E-state index contributed by atoms with van der Waals surface area (Å²) in [6, 6.07) is 5.08. The van der Waals surface area contributed by atoms with Crippen LogP contribution in [-0.4, -0.2) is 16.1 Å². The summed E-state index contributed by atoms with van der Waals surface area (Å²) in [6.45, 7) is 1.16. The molecule has 0 amide bonds. The van der Waals surface area contributed by atoms with E-state index in [4.69, 9.17) is 17.3 Å². The van der Waals surface area contributed by atoms with Crippen molar-refractivity contribution in [3.63, 3.8) is 0 Å². The van der Waals surface area contributed by atoms with Crippen molar-refractivity contribution < 1.29 is 0 Å². The lowest BCUT2D eigenvalue weighted by atomic mass is 10.2. The fraction of sp³-hybridized carbons (Fsp3) is 0.273. The highest BCUT2D eigenvalue weighted by atomic mass is 35.5. The molecule has 0 atom stereocenters. The molecule has 0 spiro atoms. The zero-order valence-corrected chi connectivity index (χ0v) is 9.44. The molecule has 0 aliphatic rings. The number of aromatic nitrogens is 2. The summed E-state index contributed by atoms with van der Waals surface area (Å²) in [5.74, 6) is 0. The lowest BCUT2D eigenvalue weighted by Gasteiger charge is -2.05. The Kier molecular flexibility index (Phi) is 3.22. The first kappa shape index (κ1) is 11.1. The highest BCUT2D eigenvalue weighted by Crippen LogP contribution is 2.13. The Morgan fingerprint density at radius 2 is 2.25 bits per heavy atom. The number of rotatable bonds is 3. The molecule has 1 heterocycles. The van der Waals surface area contributed by atoms with Gasteiger partial charge in [-0.2, -0.15) is 0 Å². The van der Waals surface area contributed by atoms with E-state index in [0.717, 1.165) is 6.42 Å². The maximum atomic E-state index is 12.0. The molecule has 5 heteroatoms. The van der Waals surface area contributed by atoms with Crippen LogP contribution in [0.4, 0.5) is 0 Å². The fourth-order valence-corrected chi connectivity index (χ4v) is 1.72. The first-order valence-corrected chi connectivity index (χ1v) is 5.45. The van der Waals surface area contributed by atoms with E-state index in [1.807, 2.05) is 0 Å². The number of benzene rings is 1. The summed E-state index contributed by atoms with van der Waals surface area (Å²) in [5.41, 5.74) is 5.99. The summed E-state index contributed by atoms with van der Waals surface area (Å²) in [6.07, 6.45) is 2.30. The normalized spacial score (nSPS) is 10.9. The molecular formula is C11H12ClN3O. The Hall–Kier alpha value is -1.39. The highest BCUT2D eigenvalue weighted by Gasteiger charge is 2.03. The van der Waals surface area contributed by atoms with Crippen molar-refractivity contribution in [3.05, 3.63) is 39.9 Å². The molecule has 1 aromatic carbocycles. The molecule has 1 aromatic heterocycles. The molecule has 0 aliphatic carbocycles. The largest absolute Gasteiger partial charge is 0.330 e. The SMILES string of the molecule is NCCCn1cnc2cc(Cl)ccc2c1=O. The standard InChI is InChI=1S/C11H12ClN3O/c12-8-2-3-9-10(6-8)14-7-15(11(9)16)5-1-4-13/h2-3,6-7H,1,4-5,13H2. The number of halogens is 1. The highest BCUT2D eigenvalue weighted by molar-refractivity contribution is 6.31. The van der Waals surface area contributed by atoms with E-state index in [2.05, 4.69) is 4.98 Å². The van der Waals surface area contributed by atoms with Crippen molar-refractivity contribution in [3.8, 4) is 0 Å². The lowest BCUT2D eigenvalue weighted by molar-refractivity contribution is 0.624. The molecule has 2 N–H and O–H groups in total. The third kappa shape index (κ3) is 2.08. The van der Waals surface area contributed by atoms with Gasteiger partial charge in [-0.05, 0) is 31.2 Å². The van der Waals surface area contributed by atoms with Crippen LogP contribution < -0.4 is 11.3 Å². The quantitative estimate of drug-likeness (QED) is 0.878. The van der Waals surface area contributed by atoms with Crippen molar-refractivity contribution in [2.24, 2.45) is 5.73 Å². The number of hydrogen-bond donors (Lipinski definition) is 1. The first-order valence-electron chi connectivity index (χ1n) is 5.07. The minimum absolute atomic E-state index is 0.0462. The Morgan fingerprint density at radius 1 is 1.44 bits per heavy atom. The molecule has 2 aromatic rings. The second-order valence-corrected chi connectivity index (χ2v) is 3.98. The topological polar surface area (TPSA) is 60.9 Å². The van der Waals surface area contributed by atoms with Crippen molar-refractivity contribution in [1.82, 2.24) is 9.55 Å². The molecule has 16 heavy (non-hydrogen) atoms. The van der Waals surface area contributed by atoms with Gasteiger partial charge >= 0.3 is 0 Å². The first-order chi connectivity index (χ1) is 7.72. The van der Waals surface area contributed by atoms with E-state index in [9.17, 15) is 4.79 Å². The molecule has 84 valence electrons. The van der Waals surface area contributed by atoms with Crippen molar-refractivity contribution in [2.75, 3.05) is 6.54 Å². The van der Waals surface area contributed by atoms with Gasteiger partial charge in [-0.3, -0.25) is 9.36 Å². The van der Waals surface area contributed by atoms with Gasteiger partial charge in [0.1, 0.15) is 0 Å². The monoisotopic (exact) mass is 237 g/mol. The predicted octanol–water partition coefficient (Wildman–Crippen LogP) is 1.40. The van der Waals surface area contributed by atoms with Crippen LogP contribution in [0.1, 0.15) is 6.42 Å². The predicted molar refractivity (Wildman–Crippen MR) is 64.7 cm³/mol. The number of fused-ring (bicyclic) bond motifs is 1. The average Bonchev–Trinajstić information content (AvgIpc) is 2.28. The molecule has 0 radical (unpaired) electrons. The third-order valence-electron chi connectivity index (χ3n) is 2.39. The Morgan fingerprint density at radius 3 is 3.00 bits per heavy atom. The van der Waals surface area contributed by atoms with E-state index < -0.39 is 0 Å². The van der Waals surface area contributed by atoms with Gasteiger partial charge in [0.15, 0.2) is 0 Å². The van der Waals surface area contributed by atoms with Crippen LogP contribution in [0.15, 0.2) is 29.3 Å². The van der Waals surface area contributed by atoms with Gasteiger partial charge in [0.05, 0.1) is 17.2 Å². The zero-order chi connectivity index (χ0) is 11.5. The molecule has 0 unspecified atom stereocenters. The molecule has 0 bridgehead atoms. The maximum absolute atomic E-state index is 12.0. The Bertz CT molecular complexity index is 565. The zero-order valence-electron chi connectivity index (χ0n) is 8.69. The summed E-state index contributed by atoms with van der Waals surface area (Å²) in [4.78, 5) is 16.2. The molecule has 4 nitrogen and oxygen atoms in total. The van der Waals surface area contributed by atoms with Crippen LogP contribution in [0.25, 0.3) is 10.9 Å². The van der Waals surface area contributed by atoms with Crippen LogP contribution in [0.5, 0.6) is 0 Å². The van der Waals surface area contributed by atoms with E-state index in [-0.39, 0.29) is 5.56 Å². The van der Waals surface area contributed by atoms with Crippen molar-refractivity contribution in [2.45, 2.75) is 13.0 Å². The van der Waals surface area contributed by atoms with Crippen LogP contribution in [-0.2, 0) is 6.54 Å². The summed E-state index contributed by atoms with van der Waals surface area (Å²) < 4.78 is 1.57. The number of nitrogens with two attached hydrogens (primary N) is 1. The van der Waals surface area contributed by atoms with Crippen molar-refractivity contribution >= 4 is 22.5 Å². The lowest BCUT2D eigenvalue weighted by Crippen LogP contribution is -2.21. The minimum Gasteiger partial charge on any atom is -0.330 e. The van der Waals surface area contributed by atoms with Crippen LogP contribution in [0.2, 0.25) is 5.02 Å². The second-order valence-electron chi connectivity index (χ2n) is 3.55. The van der Waals surface area contributed by atoms with Gasteiger partial charge < -0.3 is 5.73 Å². The van der Waals surface area contributed by atoms with Gasteiger partial charge in [0.25, 0.3) is 5.56 Å².